The first-order valence-corrected chi connectivity index (χ1v) is 9.61. The first-order valence-electron chi connectivity index (χ1n) is 9.61. The third-order valence-electron chi connectivity index (χ3n) is 5.09. The number of aliphatic hydroxyl groups is 1. The number of aliphatic hydroxyl groups excluding tert-OH is 1. The Morgan fingerprint density at radius 1 is 1.25 bits per heavy atom. The lowest BCUT2D eigenvalue weighted by Gasteiger charge is -2.26. The van der Waals surface area contributed by atoms with E-state index in [2.05, 4.69) is 31.7 Å². The molecule has 2 aromatic heterocycles. The molecule has 1 aliphatic rings. The molecular formula is C20H23N7O. The molecule has 1 aliphatic carbocycles. The number of nitrogens with one attached hydrogen (secondary N) is 2. The molecule has 2 heterocycles. The average molecular weight is 377 g/mol. The molecular weight excluding hydrogens is 354 g/mol. The smallest absolute Gasteiger partial charge is 0.227 e. The second-order valence-electron chi connectivity index (χ2n) is 7.07. The summed E-state index contributed by atoms with van der Waals surface area (Å²) < 4.78 is 1.98. The Balaban J connectivity index is 1.67. The molecule has 4 rings (SSSR count). The zero-order valence-electron chi connectivity index (χ0n) is 15.8. The molecule has 0 saturated heterocycles. The van der Waals surface area contributed by atoms with Crippen LogP contribution in [0.1, 0.15) is 38.2 Å². The maximum atomic E-state index is 9.72. The van der Waals surface area contributed by atoms with Gasteiger partial charge in [-0.05, 0) is 50.8 Å². The lowest BCUT2D eigenvalue weighted by molar-refractivity contribution is 0.126. The molecule has 0 atom stereocenters. The van der Waals surface area contributed by atoms with Gasteiger partial charge < -0.3 is 20.3 Å². The molecule has 1 aromatic carbocycles. The van der Waals surface area contributed by atoms with Crippen molar-refractivity contribution in [1.82, 2.24) is 19.5 Å². The number of aromatic nitrogens is 4. The summed E-state index contributed by atoms with van der Waals surface area (Å²) in [6, 6.07) is 9.65. The first kappa shape index (κ1) is 18.2. The number of anilines is 3. The number of rotatable bonds is 5. The van der Waals surface area contributed by atoms with Crippen molar-refractivity contribution in [2.45, 2.75) is 51.3 Å². The van der Waals surface area contributed by atoms with E-state index in [1.165, 1.54) is 0 Å². The van der Waals surface area contributed by atoms with Crippen LogP contribution in [0.4, 0.5) is 17.5 Å². The SMILES string of the molecule is CCn1cnc2c(Nc3cccc(C#N)c3)nc(NC3CCC(O)CC3)nc21. The fourth-order valence-corrected chi connectivity index (χ4v) is 3.53. The van der Waals surface area contributed by atoms with Gasteiger partial charge in [-0.15, -0.1) is 0 Å². The molecule has 1 fully saturated rings. The van der Waals surface area contributed by atoms with Gasteiger partial charge in [-0.3, -0.25) is 0 Å². The second-order valence-corrected chi connectivity index (χ2v) is 7.07. The quantitative estimate of drug-likeness (QED) is 0.626. The van der Waals surface area contributed by atoms with E-state index in [1.54, 1.807) is 18.5 Å². The van der Waals surface area contributed by atoms with E-state index in [9.17, 15) is 5.11 Å². The molecule has 0 aliphatic heterocycles. The van der Waals surface area contributed by atoms with Gasteiger partial charge in [0.05, 0.1) is 24.1 Å². The van der Waals surface area contributed by atoms with Crippen LogP contribution >= 0.6 is 0 Å². The topological polar surface area (TPSA) is 112 Å². The minimum absolute atomic E-state index is 0.201. The molecule has 0 bridgehead atoms. The van der Waals surface area contributed by atoms with Gasteiger partial charge in [-0.25, -0.2) is 4.98 Å². The second kappa shape index (κ2) is 7.82. The van der Waals surface area contributed by atoms with E-state index < -0.39 is 0 Å². The third kappa shape index (κ3) is 3.75. The summed E-state index contributed by atoms with van der Waals surface area (Å²) in [4.78, 5) is 13.8. The highest BCUT2D eigenvalue weighted by atomic mass is 16.3. The Morgan fingerprint density at radius 3 is 2.82 bits per heavy atom. The summed E-state index contributed by atoms with van der Waals surface area (Å²) in [6.07, 6.45) is 4.92. The van der Waals surface area contributed by atoms with Gasteiger partial charge >= 0.3 is 0 Å². The van der Waals surface area contributed by atoms with Gasteiger partial charge in [0, 0.05) is 18.3 Å². The maximum absolute atomic E-state index is 9.72. The van der Waals surface area contributed by atoms with E-state index in [0.717, 1.165) is 43.6 Å². The lowest BCUT2D eigenvalue weighted by Crippen LogP contribution is -2.29. The lowest BCUT2D eigenvalue weighted by atomic mass is 9.93. The Bertz CT molecular complexity index is 1020. The zero-order chi connectivity index (χ0) is 19.5. The molecule has 1 saturated carbocycles. The van der Waals surface area contributed by atoms with Crippen LogP contribution in [-0.2, 0) is 6.54 Å². The average Bonchev–Trinajstić information content (AvgIpc) is 3.13. The van der Waals surface area contributed by atoms with Crippen molar-refractivity contribution < 1.29 is 5.11 Å². The summed E-state index contributed by atoms with van der Waals surface area (Å²) in [5.74, 6) is 1.15. The first-order chi connectivity index (χ1) is 13.7. The fraction of sp³-hybridized carbons (Fsp3) is 0.400. The van der Waals surface area contributed by atoms with E-state index in [-0.39, 0.29) is 12.1 Å². The number of hydrogen-bond donors (Lipinski definition) is 3. The van der Waals surface area contributed by atoms with Crippen LogP contribution in [-0.4, -0.2) is 36.8 Å². The number of nitrogens with zero attached hydrogens (tertiary/aromatic N) is 5. The monoisotopic (exact) mass is 377 g/mol. The van der Waals surface area contributed by atoms with E-state index >= 15 is 0 Å². The van der Waals surface area contributed by atoms with Gasteiger partial charge in [0.2, 0.25) is 5.95 Å². The minimum atomic E-state index is -0.201. The highest BCUT2D eigenvalue weighted by Crippen LogP contribution is 2.27. The Labute approximate surface area is 163 Å². The number of aryl methyl sites for hydroxylation is 1. The van der Waals surface area contributed by atoms with Crippen molar-refractivity contribution in [3.8, 4) is 6.07 Å². The van der Waals surface area contributed by atoms with Crippen molar-refractivity contribution >= 4 is 28.6 Å². The van der Waals surface area contributed by atoms with Crippen LogP contribution in [0.3, 0.4) is 0 Å². The predicted octanol–water partition coefficient (Wildman–Crippen LogP) is 3.18. The molecule has 8 nitrogen and oxygen atoms in total. The standard InChI is InChI=1S/C20H23N7O/c1-2-27-12-22-17-18(23-15-5-3-4-13(10-15)11-21)25-20(26-19(17)27)24-14-6-8-16(28)9-7-14/h3-5,10,12,14,16,28H,2,6-9H2,1H3,(H2,23,24,25,26). The van der Waals surface area contributed by atoms with Crippen molar-refractivity contribution in [3.05, 3.63) is 36.2 Å². The normalized spacial score (nSPS) is 19.3. The summed E-state index contributed by atoms with van der Waals surface area (Å²) in [5.41, 5.74) is 2.80. The summed E-state index contributed by atoms with van der Waals surface area (Å²) in [6.45, 7) is 2.80. The Kier molecular flexibility index (Phi) is 5.08. The van der Waals surface area contributed by atoms with Gasteiger partial charge in [-0.1, -0.05) is 6.07 Å². The van der Waals surface area contributed by atoms with Crippen LogP contribution < -0.4 is 10.6 Å². The zero-order valence-corrected chi connectivity index (χ0v) is 15.8. The van der Waals surface area contributed by atoms with Gasteiger partial charge in [0.1, 0.15) is 0 Å². The van der Waals surface area contributed by atoms with Crippen molar-refractivity contribution in [1.29, 1.82) is 5.26 Å². The van der Waals surface area contributed by atoms with Crippen molar-refractivity contribution in [3.63, 3.8) is 0 Å². The molecule has 0 unspecified atom stereocenters. The van der Waals surface area contributed by atoms with Crippen LogP contribution in [0.2, 0.25) is 0 Å². The van der Waals surface area contributed by atoms with Crippen LogP contribution in [0.5, 0.6) is 0 Å². The molecule has 144 valence electrons. The number of hydrogen-bond acceptors (Lipinski definition) is 7. The van der Waals surface area contributed by atoms with E-state index in [0.29, 0.717) is 22.8 Å². The highest BCUT2D eigenvalue weighted by molar-refractivity contribution is 5.86. The fourth-order valence-electron chi connectivity index (χ4n) is 3.53. The number of nitriles is 1. The number of imidazole rings is 1. The Hall–Kier alpha value is -3.18. The minimum Gasteiger partial charge on any atom is -0.393 e. The van der Waals surface area contributed by atoms with Gasteiger partial charge in [0.25, 0.3) is 0 Å². The molecule has 8 heteroatoms. The van der Waals surface area contributed by atoms with Gasteiger partial charge in [0.15, 0.2) is 17.0 Å². The Morgan fingerprint density at radius 2 is 2.07 bits per heavy atom. The molecule has 28 heavy (non-hydrogen) atoms. The van der Waals surface area contributed by atoms with Gasteiger partial charge in [-0.2, -0.15) is 15.2 Å². The highest BCUT2D eigenvalue weighted by Gasteiger charge is 2.21. The molecule has 0 radical (unpaired) electrons. The van der Waals surface area contributed by atoms with Crippen LogP contribution in [0.25, 0.3) is 11.2 Å². The molecule has 0 spiro atoms. The third-order valence-corrected chi connectivity index (χ3v) is 5.09. The van der Waals surface area contributed by atoms with E-state index in [1.807, 2.05) is 23.6 Å². The summed E-state index contributed by atoms with van der Waals surface area (Å²) >= 11 is 0. The summed E-state index contributed by atoms with van der Waals surface area (Å²) in [5, 5.41) is 25.6. The predicted molar refractivity (Wildman–Crippen MR) is 107 cm³/mol. The largest absolute Gasteiger partial charge is 0.393 e. The van der Waals surface area contributed by atoms with E-state index in [4.69, 9.17) is 5.26 Å². The van der Waals surface area contributed by atoms with Crippen LogP contribution in [0.15, 0.2) is 30.6 Å². The van der Waals surface area contributed by atoms with Crippen LogP contribution in [0, 0.1) is 11.3 Å². The van der Waals surface area contributed by atoms with Crippen molar-refractivity contribution in [2.24, 2.45) is 0 Å². The number of fused-ring (bicyclic) bond motifs is 1. The number of benzene rings is 1. The molecule has 3 N–H and O–H groups in total. The molecule has 3 aromatic rings. The summed E-state index contributed by atoms with van der Waals surface area (Å²) in [7, 11) is 0. The molecule has 0 amide bonds. The maximum Gasteiger partial charge on any atom is 0.227 e. The van der Waals surface area contributed by atoms with Crippen molar-refractivity contribution in [2.75, 3.05) is 10.6 Å².